The van der Waals surface area contributed by atoms with Crippen LogP contribution in [0.25, 0.3) is 10.9 Å². The number of imidazole rings is 1. The van der Waals surface area contributed by atoms with Crippen LogP contribution in [-0.4, -0.2) is 73.8 Å². The lowest BCUT2D eigenvalue weighted by Crippen LogP contribution is -2.58. The Morgan fingerprint density at radius 1 is 0.929 bits per heavy atom. The van der Waals surface area contributed by atoms with Gasteiger partial charge < -0.3 is 42.5 Å². The summed E-state index contributed by atoms with van der Waals surface area (Å²) in [5, 5.41) is 18.4. The molecule has 0 bridgehead atoms. The predicted molar refractivity (Wildman–Crippen MR) is 154 cm³/mol. The maximum Gasteiger partial charge on any atom is 0.326 e. The van der Waals surface area contributed by atoms with Crippen molar-refractivity contribution in [2.75, 3.05) is 0 Å². The molecule has 0 aliphatic heterocycles. The molecule has 14 nitrogen and oxygen atoms in total. The number of benzene rings is 1. The Balaban J connectivity index is 1.86. The SMILES string of the molecule is CC(C)CC(NC(=O)C(Cc1c[nH]c2ccccc12)NC(=O)C(Cc1cnc[nH]1)NC(=O)C(N)CCC(N)=O)C(=O)O. The summed E-state index contributed by atoms with van der Waals surface area (Å²) in [6.07, 6.45) is 4.72. The van der Waals surface area contributed by atoms with Crippen molar-refractivity contribution in [3.63, 3.8) is 0 Å². The van der Waals surface area contributed by atoms with Crippen LogP contribution in [0, 0.1) is 5.92 Å². The zero-order valence-electron chi connectivity index (χ0n) is 23.6. The van der Waals surface area contributed by atoms with Crippen molar-refractivity contribution < 1.29 is 29.1 Å². The molecule has 226 valence electrons. The number of rotatable bonds is 16. The van der Waals surface area contributed by atoms with E-state index in [0.29, 0.717) is 5.69 Å². The summed E-state index contributed by atoms with van der Waals surface area (Å²) in [7, 11) is 0. The third-order valence-electron chi connectivity index (χ3n) is 6.70. The van der Waals surface area contributed by atoms with E-state index in [0.717, 1.165) is 16.5 Å². The van der Waals surface area contributed by atoms with Crippen LogP contribution in [0.3, 0.4) is 0 Å². The van der Waals surface area contributed by atoms with Crippen molar-refractivity contribution >= 4 is 40.5 Å². The third-order valence-corrected chi connectivity index (χ3v) is 6.70. The van der Waals surface area contributed by atoms with Gasteiger partial charge in [0.15, 0.2) is 0 Å². The van der Waals surface area contributed by atoms with Crippen molar-refractivity contribution in [3.8, 4) is 0 Å². The molecule has 2 heterocycles. The fraction of sp³-hybridized carbons (Fsp3) is 0.429. The Bertz CT molecular complexity index is 1390. The summed E-state index contributed by atoms with van der Waals surface area (Å²) in [5.41, 5.74) is 13.1. The van der Waals surface area contributed by atoms with E-state index < -0.39 is 53.8 Å². The van der Waals surface area contributed by atoms with E-state index >= 15 is 0 Å². The van der Waals surface area contributed by atoms with Crippen LogP contribution in [0.2, 0.25) is 0 Å². The van der Waals surface area contributed by atoms with E-state index in [9.17, 15) is 29.1 Å². The van der Waals surface area contributed by atoms with Gasteiger partial charge in [0, 0.05) is 48.3 Å². The molecule has 0 spiro atoms. The van der Waals surface area contributed by atoms with Crippen molar-refractivity contribution in [1.82, 2.24) is 30.9 Å². The van der Waals surface area contributed by atoms with Gasteiger partial charge >= 0.3 is 5.97 Å². The van der Waals surface area contributed by atoms with Gasteiger partial charge in [-0.05, 0) is 30.4 Å². The number of hydrogen-bond acceptors (Lipinski definition) is 7. The number of carbonyl (C=O) groups excluding carboxylic acids is 4. The van der Waals surface area contributed by atoms with Crippen molar-refractivity contribution in [1.29, 1.82) is 0 Å². The van der Waals surface area contributed by atoms with Gasteiger partial charge in [0.1, 0.15) is 18.1 Å². The summed E-state index contributed by atoms with van der Waals surface area (Å²) in [5.74, 6) is -3.89. The molecule has 0 aliphatic rings. The van der Waals surface area contributed by atoms with Crippen LogP contribution >= 0.6 is 0 Å². The maximum absolute atomic E-state index is 13.6. The Morgan fingerprint density at radius 2 is 1.57 bits per heavy atom. The molecule has 4 atom stereocenters. The van der Waals surface area contributed by atoms with Crippen LogP contribution < -0.4 is 27.4 Å². The van der Waals surface area contributed by atoms with Gasteiger partial charge in [-0.2, -0.15) is 0 Å². The molecular weight excluding hydrogens is 544 g/mol. The Morgan fingerprint density at radius 3 is 2.19 bits per heavy atom. The predicted octanol–water partition coefficient (Wildman–Crippen LogP) is -0.146. The molecule has 3 rings (SSSR count). The standard InChI is InChI=1S/C28H38N8O6/c1-15(2)9-23(28(41)42)36-26(39)21(10-16-12-32-20-6-4-3-5-18(16)20)35-27(40)22(11-17-13-31-14-33-17)34-25(38)19(29)7-8-24(30)37/h3-6,12-15,19,21-23,32H,7-11,29H2,1-2H3,(H2,30,37)(H,31,33)(H,34,38)(H,35,40)(H,36,39)(H,41,42). The van der Waals surface area contributed by atoms with E-state index in [1.54, 1.807) is 6.20 Å². The molecule has 1 aromatic carbocycles. The number of aromatic nitrogens is 3. The number of H-pyrrole nitrogens is 2. The number of nitrogens with zero attached hydrogens (tertiary/aromatic N) is 1. The summed E-state index contributed by atoms with van der Waals surface area (Å²) < 4.78 is 0. The normalized spacial score (nSPS) is 14.1. The number of nitrogens with one attached hydrogen (secondary N) is 5. The van der Waals surface area contributed by atoms with Crippen LogP contribution in [-0.2, 0) is 36.8 Å². The highest BCUT2D eigenvalue weighted by molar-refractivity contribution is 5.95. The Labute approximate surface area is 242 Å². The summed E-state index contributed by atoms with van der Waals surface area (Å²) in [6, 6.07) is 2.80. The van der Waals surface area contributed by atoms with Gasteiger partial charge in [-0.15, -0.1) is 0 Å². The second-order valence-corrected chi connectivity index (χ2v) is 10.6. The van der Waals surface area contributed by atoms with E-state index in [-0.39, 0.29) is 38.0 Å². The number of aliphatic carboxylic acids is 1. The topological polar surface area (TPSA) is 238 Å². The number of aromatic amines is 2. The fourth-order valence-corrected chi connectivity index (χ4v) is 4.50. The lowest BCUT2D eigenvalue weighted by molar-refractivity contribution is -0.142. The lowest BCUT2D eigenvalue weighted by Gasteiger charge is -2.25. The van der Waals surface area contributed by atoms with Crippen LogP contribution in [0.15, 0.2) is 43.0 Å². The van der Waals surface area contributed by atoms with E-state index in [2.05, 4.69) is 30.9 Å². The van der Waals surface area contributed by atoms with Crippen LogP contribution in [0.4, 0.5) is 0 Å². The van der Waals surface area contributed by atoms with Gasteiger partial charge in [-0.1, -0.05) is 32.0 Å². The van der Waals surface area contributed by atoms with E-state index in [4.69, 9.17) is 11.5 Å². The molecule has 3 aromatic rings. The largest absolute Gasteiger partial charge is 0.480 e. The molecule has 0 radical (unpaired) electrons. The maximum atomic E-state index is 13.6. The zero-order chi connectivity index (χ0) is 30.8. The minimum absolute atomic E-state index is 0.00730. The zero-order valence-corrected chi connectivity index (χ0v) is 23.6. The average Bonchev–Trinajstić information content (AvgIpc) is 3.60. The molecule has 2 aromatic heterocycles. The molecule has 4 amide bonds. The van der Waals surface area contributed by atoms with Crippen molar-refractivity contribution in [2.24, 2.45) is 17.4 Å². The molecule has 0 fully saturated rings. The number of primary amides is 1. The van der Waals surface area contributed by atoms with E-state index in [1.807, 2.05) is 38.1 Å². The van der Waals surface area contributed by atoms with Gasteiger partial charge in [0.05, 0.1) is 12.4 Å². The number of amides is 4. The lowest BCUT2D eigenvalue weighted by atomic mass is 10.0. The smallest absolute Gasteiger partial charge is 0.326 e. The highest BCUT2D eigenvalue weighted by Gasteiger charge is 2.31. The molecule has 0 saturated heterocycles. The molecule has 0 saturated carbocycles. The monoisotopic (exact) mass is 582 g/mol. The number of hydrogen-bond donors (Lipinski definition) is 8. The van der Waals surface area contributed by atoms with Gasteiger partial charge in [-0.25, -0.2) is 9.78 Å². The molecular formula is C28H38N8O6. The quantitative estimate of drug-likeness (QED) is 0.113. The number of para-hydroxylation sites is 1. The van der Waals surface area contributed by atoms with Crippen LogP contribution in [0.1, 0.15) is 44.4 Å². The molecule has 14 heteroatoms. The molecule has 42 heavy (non-hydrogen) atoms. The van der Waals surface area contributed by atoms with Gasteiger partial charge in [0.25, 0.3) is 0 Å². The first kappa shape index (κ1) is 31.8. The number of nitrogens with two attached hydrogens (primary N) is 2. The highest BCUT2D eigenvalue weighted by atomic mass is 16.4. The minimum Gasteiger partial charge on any atom is -0.480 e. The number of carboxylic acids is 1. The van der Waals surface area contributed by atoms with Gasteiger partial charge in [0.2, 0.25) is 23.6 Å². The van der Waals surface area contributed by atoms with Crippen LogP contribution in [0.5, 0.6) is 0 Å². The summed E-state index contributed by atoms with van der Waals surface area (Å²) in [4.78, 5) is 72.8. The number of fused-ring (bicyclic) bond motifs is 1. The Kier molecular flexibility index (Phi) is 11.2. The van der Waals surface area contributed by atoms with E-state index in [1.165, 1.54) is 12.5 Å². The molecule has 0 aliphatic carbocycles. The highest BCUT2D eigenvalue weighted by Crippen LogP contribution is 2.19. The number of carboxylic acid groups (broad SMARTS) is 1. The first-order valence-electron chi connectivity index (χ1n) is 13.6. The third kappa shape index (κ3) is 9.16. The number of carbonyl (C=O) groups is 5. The molecule has 4 unspecified atom stereocenters. The minimum atomic E-state index is -1.19. The summed E-state index contributed by atoms with van der Waals surface area (Å²) in [6.45, 7) is 3.67. The average molecular weight is 583 g/mol. The Hall–Kier alpha value is -4.72. The second kappa shape index (κ2) is 14.8. The fourth-order valence-electron chi connectivity index (χ4n) is 4.50. The van der Waals surface area contributed by atoms with Crippen molar-refractivity contribution in [2.45, 2.75) is 70.1 Å². The van der Waals surface area contributed by atoms with Gasteiger partial charge in [-0.3, -0.25) is 19.2 Å². The van der Waals surface area contributed by atoms with Crippen molar-refractivity contribution in [3.05, 3.63) is 54.2 Å². The summed E-state index contributed by atoms with van der Waals surface area (Å²) >= 11 is 0. The molecule has 10 N–H and O–H groups in total. The first-order valence-corrected chi connectivity index (χ1v) is 13.6. The first-order chi connectivity index (χ1) is 19.9. The second-order valence-electron chi connectivity index (χ2n) is 10.6.